The van der Waals surface area contributed by atoms with E-state index in [0.717, 1.165) is 36.1 Å². The SMILES string of the molecule is CC1=C2C[C@H]3C(CC[C@@H]4C[C@@H](N5C=C(C(C)C)NN5)CC[C@@]43C)[C@@H]2CC[C@@]2(C1)O[C@@H]1C[C@H](C)CN[C@H]1[C@H]2C. The fourth-order valence-corrected chi connectivity index (χ4v) is 10.9. The highest BCUT2D eigenvalue weighted by Crippen LogP contribution is 2.65. The zero-order valence-electron chi connectivity index (χ0n) is 25.0. The normalized spacial score (nSPS) is 50.3. The quantitative estimate of drug-likeness (QED) is 0.372. The number of hydrogen-bond donors (Lipinski definition) is 3. The third-order valence-electron chi connectivity index (χ3n) is 13.2. The van der Waals surface area contributed by atoms with Crippen LogP contribution >= 0.6 is 0 Å². The average Bonchev–Trinajstić information content (AvgIpc) is 3.56. The van der Waals surface area contributed by atoms with E-state index in [2.05, 4.69) is 69.0 Å². The predicted octanol–water partition coefficient (Wildman–Crippen LogP) is 6.30. The molecule has 3 aliphatic heterocycles. The topological polar surface area (TPSA) is 48.6 Å². The van der Waals surface area contributed by atoms with Crippen molar-refractivity contribution in [3.63, 3.8) is 0 Å². The maximum Gasteiger partial charge on any atom is 0.0765 e. The molecule has 0 bridgehead atoms. The van der Waals surface area contributed by atoms with Gasteiger partial charge in [0.25, 0.3) is 0 Å². The average molecular weight is 523 g/mol. The Morgan fingerprint density at radius 2 is 1.92 bits per heavy atom. The lowest BCUT2D eigenvalue weighted by atomic mass is 9.52. The molecule has 38 heavy (non-hydrogen) atoms. The van der Waals surface area contributed by atoms with Crippen LogP contribution in [-0.4, -0.2) is 35.3 Å². The Hall–Kier alpha value is -1.04. The molecule has 1 spiro atoms. The number of nitrogens with zero attached hydrogens (tertiary/aromatic N) is 1. The van der Waals surface area contributed by atoms with E-state index in [1.165, 1.54) is 69.9 Å². The van der Waals surface area contributed by atoms with E-state index in [0.29, 0.717) is 35.4 Å². The van der Waals surface area contributed by atoms with Gasteiger partial charge in [0, 0.05) is 29.9 Å². The molecule has 3 N–H and O–H groups in total. The fraction of sp³-hybridized carbons (Fsp3) is 0.879. The first-order valence-corrected chi connectivity index (χ1v) is 16.3. The maximum absolute atomic E-state index is 7.10. The molecule has 7 aliphatic rings. The van der Waals surface area contributed by atoms with Crippen molar-refractivity contribution < 1.29 is 4.74 Å². The molecule has 1 unspecified atom stereocenters. The van der Waals surface area contributed by atoms with Gasteiger partial charge in [0.15, 0.2) is 0 Å². The van der Waals surface area contributed by atoms with Gasteiger partial charge in [0.1, 0.15) is 0 Å². The number of hydrogen-bond acceptors (Lipinski definition) is 5. The van der Waals surface area contributed by atoms with Crippen molar-refractivity contribution in [2.75, 3.05) is 6.54 Å². The van der Waals surface area contributed by atoms with E-state index in [4.69, 9.17) is 4.74 Å². The number of ether oxygens (including phenoxy) is 1. The molecule has 5 nitrogen and oxygen atoms in total. The zero-order valence-corrected chi connectivity index (χ0v) is 25.0. The first-order chi connectivity index (χ1) is 18.2. The van der Waals surface area contributed by atoms with Crippen LogP contribution in [0.4, 0.5) is 0 Å². The molecule has 0 radical (unpaired) electrons. The monoisotopic (exact) mass is 522 g/mol. The summed E-state index contributed by atoms with van der Waals surface area (Å²) in [4.78, 5) is 0. The number of allylic oxidation sites excluding steroid dienone is 2. The predicted molar refractivity (Wildman–Crippen MR) is 153 cm³/mol. The lowest BCUT2D eigenvalue weighted by molar-refractivity contribution is -0.0765. The lowest BCUT2D eigenvalue weighted by Crippen LogP contribution is -2.52. The molecule has 0 aromatic carbocycles. The first kappa shape index (κ1) is 25.9. The van der Waals surface area contributed by atoms with Crippen molar-refractivity contribution in [3.8, 4) is 0 Å². The zero-order chi connectivity index (χ0) is 26.4. The summed E-state index contributed by atoms with van der Waals surface area (Å²) in [7, 11) is 0. The van der Waals surface area contributed by atoms with Crippen LogP contribution in [0.3, 0.4) is 0 Å². The summed E-state index contributed by atoms with van der Waals surface area (Å²) in [6.07, 6.45) is 16.2. The second-order valence-corrected chi connectivity index (χ2v) is 15.5. The van der Waals surface area contributed by atoms with Crippen LogP contribution in [0.15, 0.2) is 23.0 Å². The molecule has 0 amide bonds. The third-order valence-corrected chi connectivity index (χ3v) is 13.2. The van der Waals surface area contributed by atoms with Gasteiger partial charge in [-0.1, -0.05) is 45.8 Å². The molecule has 2 saturated heterocycles. The van der Waals surface area contributed by atoms with Gasteiger partial charge >= 0.3 is 0 Å². The molecule has 5 fully saturated rings. The van der Waals surface area contributed by atoms with Gasteiger partial charge in [-0.3, -0.25) is 5.01 Å². The summed E-state index contributed by atoms with van der Waals surface area (Å²) in [5, 5.41) is 6.30. The first-order valence-electron chi connectivity index (χ1n) is 16.3. The smallest absolute Gasteiger partial charge is 0.0765 e. The van der Waals surface area contributed by atoms with Crippen molar-refractivity contribution in [2.45, 2.75) is 130 Å². The van der Waals surface area contributed by atoms with Crippen LogP contribution in [0.5, 0.6) is 0 Å². The molecule has 3 saturated carbocycles. The van der Waals surface area contributed by atoms with Crippen molar-refractivity contribution >= 4 is 0 Å². The van der Waals surface area contributed by atoms with Crippen molar-refractivity contribution in [1.82, 2.24) is 21.3 Å². The van der Waals surface area contributed by atoms with Gasteiger partial charge < -0.3 is 15.5 Å². The van der Waals surface area contributed by atoms with Gasteiger partial charge in [0.05, 0.1) is 11.7 Å². The van der Waals surface area contributed by atoms with Gasteiger partial charge in [0.2, 0.25) is 0 Å². The van der Waals surface area contributed by atoms with E-state index in [-0.39, 0.29) is 5.60 Å². The number of nitrogens with one attached hydrogen (secondary N) is 3. The summed E-state index contributed by atoms with van der Waals surface area (Å²) in [5.41, 5.74) is 12.4. The maximum atomic E-state index is 7.10. The largest absolute Gasteiger partial charge is 0.369 e. The molecule has 4 aliphatic carbocycles. The molecule has 3 heterocycles. The molecule has 11 atom stereocenters. The lowest BCUT2D eigenvalue weighted by Gasteiger charge is -2.55. The highest BCUT2D eigenvalue weighted by molar-refractivity contribution is 5.29. The molecular formula is C33H54N4O. The molecule has 5 heteroatoms. The number of fused-ring (bicyclic) bond motifs is 6. The number of rotatable bonds is 2. The minimum absolute atomic E-state index is 0.0710. The Labute approximate surface area is 231 Å². The Kier molecular flexibility index (Phi) is 6.30. The van der Waals surface area contributed by atoms with Gasteiger partial charge in [-0.25, -0.2) is 0 Å². The second kappa shape index (κ2) is 9.24. The van der Waals surface area contributed by atoms with Crippen LogP contribution < -0.4 is 16.3 Å². The molecular weight excluding hydrogens is 468 g/mol. The third kappa shape index (κ3) is 3.88. The van der Waals surface area contributed by atoms with Crippen molar-refractivity contribution in [1.29, 1.82) is 0 Å². The Morgan fingerprint density at radius 1 is 1.08 bits per heavy atom. The van der Waals surface area contributed by atoms with Crippen LogP contribution in [0, 0.1) is 46.8 Å². The highest BCUT2D eigenvalue weighted by Gasteiger charge is 2.59. The van der Waals surface area contributed by atoms with Gasteiger partial charge in [-0.05, 0) is 119 Å². The Morgan fingerprint density at radius 3 is 2.71 bits per heavy atom. The summed E-state index contributed by atoms with van der Waals surface area (Å²) in [6, 6.07) is 1.19. The van der Waals surface area contributed by atoms with Gasteiger partial charge in [-0.2, -0.15) is 0 Å². The fourth-order valence-electron chi connectivity index (χ4n) is 10.9. The minimum atomic E-state index is 0.0710. The standard InChI is InChI=1S/C33H54N4O/c1-19(2)29-18-37(36-35-29)24-9-11-32(6)23(14-24)7-8-26-25-10-12-33(16-21(4)27(25)15-28(26)32)22(5)31-30(38-33)13-20(3)17-34-31/h18-20,22-26,28,30-31,34-36H,7-17H2,1-6H3/t20-,22+,23+,24-,25-,26?,28-,30+,31-,32-,33-/m0/s1. The minimum Gasteiger partial charge on any atom is -0.369 e. The second-order valence-electron chi connectivity index (χ2n) is 15.5. The van der Waals surface area contributed by atoms with E-state index in [1.54, 1.807) is 5.57 Å². The van der Waals surface area contributed by atoms with Crippen LogP contribution in [0.1, 0.15) is 106 Å². The van der Waals surface area contributed by atoms with E-state index >= 15 is 0 Å². The summed E-state index contributed by atoms with van der Waals surface area (Å²) < 4.78 is 7.10. The number of hydrazine groups is 2. The van der Waals surface area contributed by atoms with Crippen LogP contribution in [-0.2, 0) is 4.74 Å². The van der Waals surface area contributed by atoms with Crippen LogP contribution in [0.25, 0.3) is 0 Å². The van der Waals surface area contributed by atoms with Crippen molar-refractivity contribution in [2.24, 2.45) is 46.8 Å². The van der Waals surface area contributed by atoms with E-state index in [9.17, 15) is 0 Å². The molecule has 0 aromatic rings. The summed E-state index contributed by atoms with van der Waals surface area (Å²) in [6.45, 7) is 15.8. The summed E-state index contributed by atoms with van der Waals surface area (Å²) >= 11 is 0. The Balaban J connectivity index is 1.09. The Bertz CT molecular complexity index is 1000. The van der Waals surface area contributed by atoms with Crippen molar-refractivity contribution in [3.05, 3.63) is 23.0 Å². The molecule has 7 rings (SSSR count). The number of piperidine rings is 1. The van der Waals surface area contributed by atoms with Crippen LogP contribution in [0.2, 0.25) is 0 Å². The molecule has 0 aromatic heterocycles. The van der Waals surface area contributed by atoms with E-state index in [1.807, 2.05) is 5.57 Å². The summed E-state index contributed by atoms with van der Waals surface area (Å²) in [5.74, 6) is 5.38. The molecule has 212 valence electrons. The van der Waals surface area contributed by atoms with E-state index < -0.39 is 0 Å². The van der Waals surface area contributed by atoms with Gasteiger partial charge in [-0.15, -0.1) is 5.53 Å². The highest BCUT2D eigenvalue weighted by atomic mass is 16.5.